The number of aromatic nitrogens is 2. The number of amides is 1. The minimum atomic E-state index is -0.330. The van der Waals surface area contributed by atoms with Crippen LogP contribution in [-0.4, -0.2) is 34.7 Å². The van der Waals surface area contributed by atoms with Crippen molar-refractivity contribution in [3.8, 4) is 0 Å². The number of carbonyl (C=O) groups excluding carboxylic acids is 1. The summed E-state index contributed by atoms with van der Waals surface area (Å²) in [4.78, 5) is 13.1. The van der Waals surface area contributed by atoms with Crippen LogP contribution in [0.15, 0.2) is 4.42 Å². The van der Waals surface area contributed by atoms with E-state index in [9.17, 15) is 4.79 Å². The molecule has 1 aliphatic carbocycles. The van der Waals surface area contributed by atoms with Crippen LogP contribution in [0.3, 0.4) is 0 Å². The summed E-state index contributed by atoms with van der Waals surface area (Å²) in [5.74, 6) is 0.232. The Morgan fingerprint density at radius 1 is 1.44 bits per heavy atom. The largest absolute Gasteiger partial charge is 0.407 e. The molecule has 7 heteroatoms. The topological polar surface area (TPSA) is 97.3 Å². The summed E-state index contributed by atoms with van der Waals surface area (Å²) in [6, 6.07) is 0.698. The number of carbonyl (C=O) groups is 1. The van der Waals surface area contributed by atoms with Crippen LogP contribution in [0.5, 0.6) is 0 Å². The van der Waals surface area contributed by atoms with E-state index in [1.807, 2.05) is 0 Å². The summed E-state index contributed by atoms with van der Waals surface area (Å²) in [6.45, 7) is 1.33. The Bertz CT molecular complexity index is 442. The lowest BCUT2D eigenvalue weighted by molar-refractivity contribution is -0.119. The van der Waals surface area contributed by atoms with E-state index in [0.29, 0.717) is 24.5 Å². The Balaban J connectivity index is 1.65. The highest BCUT2D eigenvalue weighted by atomic mass is 16.4. The molecule has 2 aliphatic rings. The van der Waals surface area contributed by atoms with Crippen molar-refractivity contribution in [3.63, 3.8) is 0 Å². The van der Waals surface area contributed by atoms with Gasteiger partial charge in [0.15, 0.2) is 0 Å². The fraction of sp³-hybridized carbons (Fsp3) is 0.727. The normalized spacial score (nSPS) is 23.6. The molecule has 1 amide bonds. The van der Waals surface area contributed by atoms with Crippen LogP contribution in [0.1, 0.15) is 31.6 Å². The number of rotatable bonds is 5. The lowest BCUT2D eigenvalue weighted by Crippen LogP contribution is -2.40. The maximum absolute atomic E-state index is 11.3. The highest BCUT2D eigenvalue weighted by molar-refractivity contribution is 5.83. The zero-order chi connectivity index (χ0) is 12.5. The Morgan fingerprint density at radius 3 is 3.00 bits per heavy atom. The molecule has 1 atom stereocenters. The molecule has 1 unspecified atom stereocenters. The summed E-state index contributed by atoms with van der Waals surface area (Å²) in [5.41, 5.74) is 5.36. The fourth-order valence-electron chi connectivity index (χ4n) is 2.24. The fourth-order valence-corrected chi connectivity index (χ4v) is 2.24. The van der Waals surface area contributed by atoms with Crippen LogP contribution in [0.25, 0.3) is 0 Å². The number of nitrogens with one attached hydrogen (secondary N) is 1. The Hall–Kier alpha value is -1.63. The van der Waals surface area contributed by atoms with Gasteiger partial charge < -0.3 is 20.4 Å². The highest BCUT2D eigenvalue weighted by Gasteiger charge is 2.32. The minimum absolute atomic E-state index is 0.310. The van der Waals surface area contributed by atoms with Gasteiger partial charge in [0.2, 0.25) is 11.8 Å². The number of nitrogens with two attached hydrogens (primary N) is 1. The minimum Gasteiger partial charge on any atom is -0.407 e. The average Bonchev–Trinajstić information content (AvgIpc) is 2.88. The van der Waals surface area contributed by atoms with Gasteiger partial charge in [0.25, 0.3) is 0 Å². The molecule has 0 radical (unpaired) electrons. The van der Waals surface area contributed by atoms with Crippen molar-refractivity contribution in [3.05, 3.63) is 5.89 Å². The van der Waals surface area contributed by atoms with Crippen LogP contribution < -0.4 is 16.0 Å². The van der Waals surface area contributed by atoms with Gasteiger partial charge in [-0.2, -0.15) is 0 Å². The first-order chi connectivity index (χ1) is 8.74. The molecule has 0 spiro atoms. The van der Waals surface area contributed by atoms with Gasteiger partial charge in [-0.1, -0.05) is 5.10 Å². The lowest BCUT2D eigenvalue weighted by Gasteiger charge is -2.18. The van der Waals surface area contributed by atoms with E-state index in [2.05, 4.69) is 15.5 Å². The van der Waals surface area contributed by atoms with Gasteiger partial charge >= 0.3 is 6.01 Å². The van der Waals surface area contributed by atoms with Gasteiger partial charge in [-0.05, 0) is 25.7 Å². The van der Waals surface area contributed by atoms with Crippen molar-refractivity contribution >= 4 is 11.9 Å². The Morgan fingerprint density at radius 2 is 2.28 bits per heavy atom. The second-order valence-corrected chi connectivity index (χ2v) is 4.89. The summed E-state index contributed by atoms with van der Waals surface area (Å²) >= 11 is 0. The van der Waals surface area contributed by atoms with Crippen LogP contribution in [0.4, 0.5) is 6.01 Å². The smallest absolute Gasteiger partial charge is 0.318 e. The van der Waals surface area contributed by atoms with Crippen LogP contribution in [-0.2, 0) is 11.3 Å². The molecule has 0 aromatic carbocycles. The number of hydrogen-bond acceptors (Lipinski definition) is 6. The van der Waals surface area contributed by atoms with Crippen molar-refractivity contribution in [2.75, 3.05) is 11.4 Å². The van der Waals surface area contributed by atoms with Crippen LogP contribution >= 0.6 is 0 Å². The maximum atomic E-state index is 11.3. The molecule has 98 valence electrons. The van der Waals surface area contributed by atoms with Crippen molar-refractivity contribution in [2.24, 2.45) is 5.73 Å². The predicted molar refractivity (Wildman–Crippen MR) is 63.7 cm³/mol. The number of hydrogen-bond donors (Lipinski definition) is 2. The molecule has 3 N–H and O–H groups in total. The molecule has 1 aromatic heterocycles. The third-order valence-electron chi connectivity index (χ3n) is 3.40. The van der Waals surface area contributed by atoms with Crippen LogP contribution in [0, 0.1) is 0 Å². The molecule has 0 bridgehead atoms. The summed E-state index contributed by atoms with van der Waals surface area (Å²) in [5, 5.41) is 11.3. The first kappa shape index (κ1) is 11.5. The Kier molecular flexibility index (Phi) is 2.91. The third-order valence-corrected chi connectivity index (χ3v) is 3.40. The molecule has 1 saturated heterocycles. The monoisotopic (exact) mass is 251 g/mol. The van der Waals surface area contributed by atoms with Crippen molar-refractivity contribution in [1.82, 2.24) is 15.5 Å². The number of primary amides is 1. The van der Waals surface area contributed by atoms with E-state index in [1.54, 1.807) is 4.90 Å². The zero-order valence-corrected chi connectivity index (χ0v) is 10.1. The molecule has 3 rings (SSSR count). The van der Waals surface area contributed by atoms with Crippen molar-refractivity contribution in [2.45, 2.75) is 44.3 Å². The van der Waals surface area contributed by atoms with E-state index < -0.39 is 0 Å². The second kappa shape index (κ2) is 4.56. The van der Waals surface area contributed by atoms with Gasteiger partial charge in [-0.15, -0.1) is 5.10 Å². The van der Waals surface area contributed by atoms with Gasteiger partial charge in [0, 0.05) is 12.6 Å². The molecule has 1 aliphatic heterocycles. The van der Waals surface area contributed by atoms with Gasteiger partial charge in [0.05, 0.1) is 6.54 Å². The van der Waals surface area contributed by atoms with Gasteiger partial charge in [0.1, 0.15) is 6.04 Å². The van der Waals surface area contributed by atoms with E-state index in [4.69, 9.17) is 10.2 Å². The number of anilines is 1. The third kappa shape index (κ3) is 2.31. The molecule has 2 fully saturated rings. The average molecular weight is 251 g/mol. The SMILES string of the molecule is NC(=O)C1CCCN1c1nnc(CNC2CC2)o1. The molecular weight excluding hydrogens is 234 g/mol. The van der Waals surface area contributed by atoms with Gasteiger partial charge in [-0.3, -0.25) is 4.79 Å². The summed E-state index contributed by atoms with van der Waals surface area (Å²) < 4.78 is 5.56. The Labute approximate surface area is 105 Å². The summed E-state index contributed by atoms with van der Waals surface area (Å²) in [6.07, 6.45) is 4.12. The zero-order valence-electron chi connectivity index (χ0n) is 10.1. The summed E-state index contributed by atoms with van der Waals surface area (Å²) in [7, 11) is 0. The molecule has 2 heterocycles. The predicted octanol–water partition coefficient (Wildman–Crippen LogP) is -0.224. The molecule has 1 aromatic rings. The van der Waals surface area contributed by atoms with Crippen LogP contribution in [0.2, 0.25) is 0 Å². The van der Waals surface area contributed by atoms with E-state index >= 15 is 0 Å². The molecule has 18 heavy (non-hydrogen) atoms. The first-order valence-electron chi connectivity index (χ1n) is 6.36. The van der Waals surface area contributed by atoms with E-state index in [-0.39, 0.29) is 11.9 Å². The molecular formula is C11H17N5O2. The highest BCUT2D eigenvalue weighted by Crippen LogP contribution is 2.24. The van der Waals surface area contributed by atoms with E-state index in [1.165, 1.54) is 12.8 Å². The van der Waals surface area contributed by atoms with E-state index in [0.717, 1.165) is 19.4 Å². The van der Waals surface area contributed by atoms with Crippen molar-refractivity contribution in [1.29, 1.82) is 0 Å². The molecule has 7 nitrogen and oxygen atoms in total. The first-order valence-corrected chi connectivity index (χ1v) is 6.36. The number of nitrogens with zero attached hydrogens (tertiary/aromatic N) is 3. The lowest BCUT2D eigenvalue weighted by atomic mass is 10.2. The maximum Gasteiger partial charge on any atom is 0.318 e. The van der Waals surface area contributed by atoms with Gasteiger partial charge in [-0.25, -0.2) is 0 Å². The second-order valence-electron chi connectivity index (χ2n) is 4.89. The standard InChI is InChI=1S/C11H17N5O2/c12-10(17)8-2-1-5-16(8)11-15-14-9(18-11)6-13-7-3-4-7/h7-8,13H,1-6H2,(H2,12,17). The quantitative estimate of drug-likeness (QED) is 0.750. The van der Waals surface area contributed by atoms with Crippen molar-refractivity contribution < 1.29 is 9.21 Å². The molecule has 1 saturated carbocycles.